The van der Waals surface area contributed by atoms with Crippen LogP contribution in [0.1, 0.15) is 13.3 Å². The minimum atomic E-state index is 0.259. The molecule has 0 aromatic carbocycles. The van der Waals surface area contributed by atoms with Crippen LogP contribution in [0.15, 0.2) is 12.8 Å². The zero-order chi connectivity index (χ0) is 5.70. The van der Waals surface area contributed by atoms with Crippen molar-refractivity contribution in [3.63, 3.8) is 0 Å². The summed E-state index contributed by atoms with van der Waals surface area (Å²) in [5, 5.41) is 6.84. The third-order valence-electron chi connectivity index (χ3n) is 0.547. The second-order valence-electron chi connectivity index (χ2n) is 1.06. The van der Waals surface area contributed by atoms with E-state index in [9.17, 15) is 0 Å². The summed E-state index contributed by atoms with van der Waals surface area (Å²) in [6.45, 7) is 5.14. The number of ether oxygens (including phenoxy) is 1. The molecular weight excluding hydrogens is 90.1 g/mol. The summed E-state index contributed by atoms with van der Waals surface area (Å²) < 4.78 is 4.54. The fourth-order valence-electron chi connectivity index (χ4n) is 0.184. The van der Waals surface area contributed by atoms with Crippen LogP contribution in [0.5, 0.6) is 0 Å². The SMILES string of the molecule is C=COC(=N)CC. The van der Waals surface area contributed by atoms with Crippen LogP contribution in [0, 0.1) is 5.41 Å². The Hall–Kier alpha value is -0.790. The quantitative estimate of drug-likeness (QED) is 0.318. The smallest absolute Gasteiger partial charge is 0.186 e. The second-order valence-corrected chi connectivity index (χ2v) is 1.06. The van der Waals surface area contributed by atoms with Gasteiger partial charge in [0.2, 0.25) is 0 Å². The van der Waals surface area contributed by atoms with E-state index in [4.69, 9.17) is 5.41 Å². The minimum Gasteiger partial charge on any atom is -0.452 e. The van der Waals surface area contributed by atoms with Gasteiger partial charge in [0.25, 0.3) is 0 Å². The van der Waals surface area contributed by atoms with Crippen LogP contribution in [-0.4, -0.2) is 5.90 Å². The maximum Gasteiger partial charge on any atom is 0.186 e. The fourth-order valence-corrected chi connectivity index (χ4v) is 0.184. The molecule has 0 heterocycles. The number of hydrogen-bond acceptors (Lipinski definition) is 2. The normalized spacial score (nSPS) is 7.57. The van der Waals surface area contributed by atoms with Gasteiger partial charge in [-0.05, 0) is 0 Å². The monoisotopic (exact) mass is 99.1 g/mol. The predicted octanol–water partition coefficient (Wildman–Crippen LogP) is 1.53. The fraction of sp³-hybridized carbons (Fsp3) is 0.400. The molecule has 0 aromatic heterocycles. The van der Waals surface area contributed by atoms with Crippen LogP contribution in [-0.2, 0) is 4.74 Å². The summed E-state index contributed by atoms with van der Waals surface area (Å²) in [6, 6.07) is 0. The van der Waals surface area contributed by atoms with Crippen molar-refractivity contribution in [3.05, 3.63) is 12.8 Å². The van der Waals surface area contributed by atoms with Gasteiger partial charge in [-0.15, -0.1) is 0 Å². The van der Waals surface area contributed by atoms with Gasteiger partial charge in [0.1, 0.15) is 0 Å². The molecule has 0 aliphatic heterocycles. The first kappa shape index (κ1) is 6.21. The first-order valence-electron chi connectivity index (χ1n) is 2.16. The van der Waals surface area contributed by atoms with Crippen LogP contribution in [0.3, 0.4) is 0 Å². The Morgan fingerprint density at radius 2 is 2.57 bits per heavy atom. The highest BCUT2D eigenvalue weighted by atomic mass is 16.5. The van der Waals surface area contributed by atoms with Gasteiger partial charge in [0.05, 0.1) is 6.26 Å². The molecule has 1 N–H and O–H groups in total. The van der Waals surface area contributed by atoms with Crippen LogP contribution < -0.4 is 0 Å². The minimum absolute atomic E-state index is 0.259. The molecule has 0 aliphatic rings. The summed E-state index contributed by atoms with van der Waals surface area (Å²) in [6.07, 6.45) is 1.89. The second kappa shape index (κ2) is 3.40. The Bertz CT molecular complexity index is 78.1. The summed E-state index contributed by atoms with van der Waals surface area (Å²) in [5.41, 5.74) is 0. The first-order chi connectivity index (χ1) is 3.31. The molecule has 0 amide bonds. The van der Waals surface area contributed by atoms with E-state index in [1.165, 1.54) is 6.26 Å². The molecule has 7 heavy (non-hydrogen) atoms. The Morgan fingerprint density at radius 3 is 2.71 bits per heavy atom. The van der Waals surface area contributed by atoms with E-state index in [0.29, 0.717) is 6.42 Å². The van der Waals surface area contributed by atoms with E-state index in [-0.39, 0.29) is 5.90 Å². The van der Waals surface area contributed by atoms with Gasteiger partial charge >= 0.3 is 0 Å². The lowest BCUT2D eigenvalue weighted by molar-refractivity contribution is 0.456. The zero-order valence-electron chi connectivity index (χ0n) is 4.40. The molecule has 40 valence electrons. The largest absolute Gasteiger partial charge is 0.452 e. The highest BCUT2D eigenvalue weighted by Gasteiger charge is 1.83. The molecule has 2 heteroatoms. The Kier molecular flexibility index (Phi) is 3.02. The summed E-state index contributed by atoms with van der Waals surface area (Å²) in [7, 11) is 0. The van der Waals surface area contributed by atoms with Crippen LogP contribution >= 0.6 is 0 Å². The highest BCUT2D eigenvalue weighted by Crippen LogP contribution is 1.82. The third-order valence-corrected chi connectivity index (χ3v) is 0.547. The van der Waals surface area contributed by atoms with Crippen molar-refractivity contribution in [1.29, 1.82) is 5.41 Å². The van der Waals surface area contributed by atoms with E-state index in [2.05, 4.69) is 11.3 Å². The van der Waals surface area contributed by atoms with E-state index in [0.717, 1.165) is 0 Å². The summed E-state index contributed by atoms with van der Waals surface area (Å²) in [5.74, 6) is 0.259. The van der Waals surface area contributed by atoms with Gasteiger partial charge in [-0.3, -0.25) is 5.41 Å². The molecule has 0 unspecified atom stereocenters. The van der Waals surface area contributed by atoms with Crippen molar-refractivity contribution in [1.82, 2.24) is 0 Å². The Labute approximate surface area is 43.3 Å². The summed E-state index contributed by atoms with van der Waals surface area (Å²) >= 11 is 0. The number of nitrogens with one attached hydrogen (secondary N) is 1. The van der Waals surface area contributed by atoms with Crippen molar-refractivity contribution in [2.24, 2.45) is 0 Å². The molecule has 0 rings (SSSR count). The lowest BCUT2D eigenvalue weighted by atomic mass is 10.5. The maximum absolute atomic E-state index is 6.84. The molecular formula is C5H9NO. The van der Waals surface area contributed by atoms with Crippen LogP contribution in [0.4, 0.5) is 0 Å². The third kappa shape index (κ3) is 3.03. The van der Waals surface area contributed by atoms with Crippen molar-refractivity contribution >= 4 is 5.90 Å². The van der Waals surface area contributed by atoms with Gasteiger partial charge in [0, 0.05) is 6.42 Å². The number of hydrogen-bond donors (Lipinski definition) is 1. The van der Waals surface area contributed by atoms with Crippen molar-refractivity contribution in [3.8, 4) is 0 Å². The lowest BCUT2D eigenvalue weighted by Gasteiger charge is -1.93. The van der Waals surface area contributed by atoms with Gasteiger partial charge in [-0.1, -0.05) is 13.5 Å². The molecule has 2 nitrogen and oxygen atoms in total. The molecule has 0 aromatic rings. The molecule has 0 fully saturated rings. The van der Waals surface area contributed by atoms with Gasteiger partial charge < -0.3 is 4.74 Å². The topological polar surface area (TPSA) is 33.1 Å². The van der Waals surface area contributed by atoms with Crippen LogP contribution in [0.25, 0.3) is 0 Å². The Balaban J connectivity index is 3.17. The van der Waals surface area contributed by atoms with Gasteiger partial charge in [-0.2, -0.15) is 0 Å². The molecule has 0 saturated carbocycles. The molecule has 0 aliphatic carbocycles. The average Bonchev–Trinajstić information content (AvgIpc) is 1.68. The van der Waals surface area contributed by atoms with E-state index in [1.54, 1.807) is 0 Å². The van der Waals surface area contributed by atoms with E-state index < -0.39 is 0 Å². The van der Waals surface area contributed by atoms with E-state index >= 15 is 0 Å². The first-order valence-corrected chi connectivity index (χ1v) is 2.16. The maximum atomic E-state index is 6.84. The highest BCUT2D eigenvalue weighted by molar-refractivity contribution is 5.72. The van der Waals surface area contributed by atoms with Gasteiger partial charge in [-0.25, -0.2) is 0 Å². The standard InChI is InChI=1S/C5H9NO/c1-3-5(6)7-4-2/h4,6H,2-3H2,1H3. The summed E-state index contributed by atoms with van der Waals surface area (Å²) in [4.78, 5) is 0. The van der Waals surface area contributed by atoms with Crippen molar-refractivity contribution in [2.45, 2.75) is 13.3 Å². The average molecular weight is 99.1 g/mol. The van der Waals surface area contributed by atoms with Crippen molar-refractivity contribution < 1.29 is 4.74 Å². The zero-order valence-corrected chi connectivity index (χ0v) is 4.40. The lowest BCUT2D eigenvalue weighted by Crippen LogP contribution is -1.92. The predicted molar refractivity (Wildman–Crippen MR) is 29.3 cm³/mol. The molecule has 0 bridgehead atoms. The van der Waals surface area contributed by atoms with E-state index in [1.807, 2.05) is 6.92 Å². The number of rotatable bonds is 2. The molecule has 0 radical (unpaired) electrons. The van der Waals surface area contributed by atoms with Crippen molar-refractivity contribution in [2.75, 3.05) is 0 Å². The molecule has 0 spiro atoms. The molecule has 0 atom stereocenters. The van der Waals surface area contributed by atoms with Gasteiger partial charge in [0.15, 0.2) is 5.90 Å². The Morgan fingerprint density at radius 1 is 2.00 bits per heavy atom. The molecule has 0 saturated heterocycles. The van der Waals surface area contributed by atoms with Crippen LogP contribution in [0.2, 0.25) is 0 Å².